The molecule has 2 rings (SSSR count). The number of aromatic nitrogens is 2. The van der Waals surface area contributed by atoms with Crippen LogP contribution in [0, 0.1) is 0 Å². The highest BCUT2D eigenvalue weighted by atomic mass is 79.9. The minimum Gasteiger partial charge on any atom is -0.355 e. The molecule has 1 unspecified atom stereocenters. The van der Waals surface area contributed by atoms with Gasteiger partial charge in [-0.1, -0.05) is 0 Å². The van der Waals surface area contributed by atoms with Crippen molar-refractivity contribution in [2.45, 2.75) is 12.5 Å². The molecule has 1 aromatic rings. The summed E-state index contributed by atoms with van der Waals surface area (Å²) in [5, 5.41) is 0. The Hall–Kier alpha value is -0.290. The van der Waals surface area contributed by atoms with Gasteiger partial charge in [-0.15, -0.1) is 0 Å². The third-order valence-corrected chi connectivity index (χ3v) is 4.14. The Morgan fingerprint density at radius 1 is 1.64 bits per heavy atom. The van der Waals surface area contributed by atoms with Gasteiger partial charge in [-0.25, -0.2) is 9.97 Å². The van der Waals surface area contributed by atoms with E-state index in [1.54, 1.807) is 12.5 Å². The summed E-state index contributed by atoms with van der Waals surface area (Å²) in [5.74, 6) is 3.46. The number of thioether (sulfide) groups is 1. The molecular formula is C9H12BrN3S. The van der Waals surface area contributed by atoms with Gasteiger partial charge in [-0.3, -0.25) is 0 Å². The van der Waals surface area contributed by atoms with Crippen molar-refractivity contribution in [1.82, 2.24) is 9.97 Å². The Morgan fingerprint density at radius 3 is 3.14 bits per heavy atom. The standard InChI is InChI=1S/C9H12BrN3S/c1-13(7-2-3-14-5-7)9-8(10)4-11-6-12-9/h4,6-7H,2-3,5H2,1H3. The highest BCUT2D eigenvalue weighted by molar-refractivity contribution is 9.10. The zero-order valence-electron chi connectivity index (χ0n) is 7.98. The van der Waals surface area contributed by atoms with Crippen molar-refractivity contribution in [2.75, 3.05) is 23.5 Å². The van der Waals surface area contributed by atoms with Gasteiger partial charge in [0.05, 0.1) is 4.47 Å². The van der Waals surface area contributed by atoms with Crippen LogP contribution in [-0.2, 0) is 0 Å². The maximum absolute atomic E-state index is 4.28. The molecule has 1 aliphatic heterocycles. The maximum Gasteiger partial charge on any atom is 0.146 e. The quantitative estimate of drug-likeness (QED) is 0.826. The topological polar surface area (TPSA) is 29.0 Å². The molecule has 0 saturated carbocycles. The largest absolute Gasteiger partial charge is 0.355 e. The fourth-order valence-electron chi connectivity index (χ4n) is 1.57. The van der Waals surface area contributed by atoms with Gasteiger partial charge in [-0.05, 0) is 28.1 Å². The fourth-order valence-corrected chi connectivity index (χ4v) is 3.33. The Morgan fingerprint density at radius 2 is 2.50 bits per heavy atom. The van der Waals surface area contributed by atoms with Gasteiger partial charge in [0.1, 0.15) is 12.1 Å². The summed E-state index contributed by atoms with van der Waals surface area (Å²) < 4.78 is 0.972. The van der Waals surface area contributed by atoms with E-state index in [0.29, 0.717) is 6.04 Å². The summed E-state index contributed by atoms with van der Waals surface area (Å²) in [4.78, 5) is 10.5. The lowest BCUT2D eigenvalue weighted by Gasteiger charge is -2.25. The second kappa shape index (κ2) is 4.49. The molecule has 14 heavy (non-hydrogen) atoms. The Bertz CT molecular complexity index is 315. The summed E-state index contributed by atoms with van der Waals surface area (Å²) in [7, 11) is 2.10. The van der Waals surface area contributed by atoms with Gasteiger partial charge in [0, 0.05) is 25.0 Å². The summed E-state index contributed by atoms with van der Waals surface area (Å²) in [6, 6.07) is 0.617. The molecule has 0 aromatic carbocycles. The first-order valence-corrected chi connectivity index (χ1v) is 6.50. The van der Waals surface area contributed by atoms with Crippen molar-refractivity contribution in [2.24, 2.45) is 0 Å². The number of hydrogen-bond donors (Lipinski definition) is 0. The van der Waals surface area contributed by atoms with Gasteiger partial charge in [-0.2, -0.15) is 11.8 Å². The van der Waals surface area contributed by atoms with Crippen molar-refractivity contribution in [1.29, 1.82) is 0 Å². The number of hydrogen-bond acceptors (Lipinski definition) is 4. The van der Waals surface area contributed by atoms with E-state index < -0.39 is 0 Å². The van der Waals surface area contributed by atoms with Crippen LogP contribution in [-0.4, -0.2) is 34.6 Å². The second-order valence-electron chi connectivity index (χ2n) is 3.32. The third kappa shape index (κ3) is 2.03. The summed E-state index contributed by atoms with van der Waals surface area (Å²) >= 11 is 5.48. The second-order valence-corrected chi connectivity index (χ2v) is 5.33. The van der Waals surface area contributed by atoms with Crippen molar-refractivity contribution in [3.8, 4) is 0 Å². The summed E-state index contributed by atoms with van der Waals surface area (Å²) in [6.45, 7) is 0. The van der Waals surface area contributed by atoms with Crippen LogP contribution in [0.25, 0.3) is 0 Å². The average molecular weight is 274 g/mol. The minimum atomic E-state index is 0.617. The van der Waals surface area contributed by atoms with Crippen LogP contribution in [0.3, 0.4) is 0 Å². The van der Waals surface area contributed by atoms with Crippen molar-refractivity contribution in [3.63, 3.8) is 0 Å². The highest BCUT2D eigenvalue weighted by Crippen LogP contribution is 2.28. The summed E-state index contributed by atoms with van der Waals surface area (Å²) in [5.41, 5.74) is 0. The van der Waals surface area contributed by atoms with Crippen LogP contribution in [0.5, 0.6) is 0 Å². The first-order chi connectivity index (χ1) is 6.79. The Labute approximate surface area is 96.4 Å². The number of halogens is 1. The van der Waals surface area contributed by atoms with Gasteiger partial charge in [0.2, 0.25) is 0 Å². The predicted octanol–water partition coefficient (Wildman–Crippen LogP) is 2.18. The van der Waals surface area contributed by atoms with E-state index in [-0.39, 0.29) is 0 Å². The SMILES string of the molecule is CN(c1ncncc1Br)C1CCSC1. The molecule has 1 aromatic heterocycles. The Balaban J connectivity index is 2.17. The zero-order valence-corrected chi connectivity index (χ0v) is 10.4. The van der Waals surface area contributed by atoms with Crippen LogP contribution in [0.1, 0.15) is 6.42 Å². The van der Waals surface area contributed by atoms with Gasteiger partial charge in [0.25, 0.3) is 0 Å². The molecule has 0 bridgehead atoms. The van der Waals surface area contributed by atoms with Gasteiger partial charge in [0.15, 0.2) is 0 Å². The van der Waals surface area contributed by atoms with Crippen molar-refractivity contribution < 1.29 is 0 Å². The number of anilines is 1. The molecule has 1 aliphatic rings. The lowest BCUT2D eigenvalue weighted by Crippen LogP contribution is -2.32. The van der Waals surface area contributed by atoms with Crippen molar-refractivity contribution >= 4 is 33.5 Å². The lowest BCUT2D eigenvalue weighted by atomic mass is 10.2. The van der Waals surface area contributed by atoms with Gasteiger partial charge >= 0.3 is 0 Å². The molecule has 1 fully saturated rings. The van der Waals surface area contributed by atoms with E-state index in [1.807, 2.05) is 11.8 Å². The first kappa shape index (κ1) is 10.2. The predicted molar refractivity (Wildman–Crippen MR) is 63.9 cm³/mol. The van der Waals surface area contributed by atoms with Crippen LogP contribution >= 0.6 is 27.7 Å². The van der Waals surface area contributed by atoms with E-state index in [4.69, 9.17) is 0 Å². The molecule has 0 N–H and O–H groups in total. The molecule has 76 valence electrons. The fraction of sp³-hybridized carbons (Fsp3) is 0.556. The molecule has 3 nitrogen and oxygen atoms in total. The number of rotatable bonds is 2. The van der Waals surface area contributed by atoms with Gasteiger partial charge < -0.3 is 4.90 Å². The van der Waals surface area contributed by atoms with E-state index in [2.05, 4.69) is 37.8 Å². The monoisotopic (exact) mass is 273 g/mol. The lowest BCUT2D eigenvalue weighted by molar-refractivity contribution is 0.689. The maximum atomic E-state index is 4.28. The van der Waals surface area contributed by atoms with E-state index >= 15 is 0 Å². The van der Waals surface area contributed by atoms with E-state index in [0.717, 1.165) is 10.3 Å². The van der Waals surface area contributed by atoms with Crippen LogP contribution in [0.2, 0.25) is 0 Å². The number of nitrogens with zero attached hydrogens (tertiary/aromatic N) is 3. The molecule has 2 heterocycles. The molecule has 5 heteroatoms. The van der Waals surface area contributed by atoms with Crippen molar-refractivity contribution in [3.05, 3.63) is 17.0 Å². The first-order valence-electron chi connectivity index (χ1n) is 4.55. The van der Waals surface area contributed by atoms with Crippen LogP contribution < -0.4 is 4.90 Å². The van der Waals surface area contributed by atoms with E-state index in [1.165, 1.54) is 17.9 Å². The summed E-state index contributed by atoms with van der Waals surface area (Å²) in [6.07, 6.45) is 4.64. The molecule has 1 atom stereocenters. The molecule has 0 amide bonds. The minimum absolute atomic E-state index is 0.617. The molecule has 0 radical (unpaired) electrons. The third-order valence-electron chi connectivity index (χ3n) is 2.44. The molecule has 0 aliphatic carbocycles. The average Bonchev–Trinajstić information content (AvgIpc) is 2.70. The van der Waals surface area contributed by atoms with E-state index in [9.17, 15) is 0 Å². The zero-order chi connectivity index (χ0) is 9.97. The molecular weight excluding hydrogens is 262 g/mol. The van der Waals surface area contributed by atoms with Crippen LogP contribution in [0.15, 0.2) is 17.0 Å². The Kier molecular flexibility index (Phi) is 3.28. The van der Waals surface area contributed by atoms with Crippen LogP contribution in [0.4, 0.5) is 5.82 Å². The molecule has 0 spiro atoms. The smallest absolute Gasteiger partial charge is 0.146 e. The normalized spacial score (nSPS) is 21.1. The molecule has 1 saturated heterocycles. The highest BCUT2D eigenvalue weighted by Gasteiger charge is 2.22.